The van der Waals surface area contributed by atoms with E-state index in [9.17, 15) is 14.4 Å². The van der Waals surface area contributed by atoms with Crippen molar-refractivity contribution in [3.8, 4) is 0 Å². The minimum Gasteiger partial charge on any atom is -0.465 e. The van der Waals surface area contributed by atoms with Gasteiger partial charge in [-0.1, -0.05) is 227 Å². The second kappa shape index (κ2) is 56.1. The Balaban J connectivity index is 4.75. The third-order valence-electron chi connectivity index (χ3n) is 15.1. The van der Waals surface area contributed by atoms with E-state index in [4.69, 9.17) is 9.47 Å². The van der Waals surface area contributed by atoms with Crippen LogP contribution in [0.3, 0.4) is 0 Å². The van der Waals surface area contributed by atoms with Gasteiger partial charge >= 0.3 is 11.9 Å². The third kappa shape index (κ3) is 51.6. The molecule has 0 saturated heterocycles. The summed E-state index contributed by atoms with van der Waals surface area (Å²) in [5.74, 6) is 1.29. The first kappa shape index (κ1) is 69.3. The van der Waals surface area contributed by atoms with E-state index in [2.05, 4.69) is 56.8 Å². The lowest BCUT2D eigenvalue weighted by Gasteiger charge is -2.26. The van der Waals surface area contributed by atoms with Crippen molar-refractivity contribution in [2.45, 2.75) is 317 Å². The van der Waals surface area contributed by atoms with Crippen molar-refractivity contribution in [2.75, 3.05) is 59.5 Å². The standard InChI is InChI=1S/C63H125N3O5/c1-7-12-17-22-27-35-46-59(44-33-20-15-10-4)57-70-62(68)49-38-29-24-31-41-53-66(56-55-65(6)52-43-40-51-64-61(67)48-37-26-19-14-9-3)54-42-32-25-30-39-50-63(69)71-58-60(45-34-21-16-11-5)47-36-28-23-18-13-8-2/h59-60H,7-58H2,1-6H3,(H,64,67). The molecule has 1 amide bonds. The molecule has 422 valence electrons. The van der Waals surface area contributed by atoms with Crippen LogP contribution in [0.1, 0.15) is 317 Å². The van der Waals surface area contributed by atoms with Crippen LogP contribution in [0.2, 0.25) is 0 Å². The SMILES string of the molecule is CCCCCCCCC(CCCCCC)COC(=O)CCCCCCCN(CCCCCCCC(=O)OCC(CCCCCC)CCCCCCCC)CCN(C)CCCCNC(=O)CCCCCCC. The molecule has 0 fully saturated rings. The summed E-state index contributed by atoms with van der Waals surface area (Å²) >= 11 is 0. The first-order valence-electron chi connectivity index (χ1n) is 31.8. The normalized spacial score (nSPS) is 12.5. The fourth-order valence-electron chi connectivity index (χ4n) is 10.1. The number of rotatable bonds is 58. The van der Waals surface area contributed by atoms with Gasteiger partial charge in [-0.15, -0.1) is 0 Å². The Hall–Kier alpha value is -1.67. The summed E-state index contributed by atoms with van der Waals surface area (Å²) in [6.45, 7) is 18.8. The Labute approximate surface area is 443 Å². The largest absolute Gasteiger partial charge is 0.465 e. The fourth-order valence-corrected chi connectivity index (χ4v) is 10.1. The maximum atomic E-state index is 12.8. The molecule has 8 nitrogen and oxygen atoms in total. The first-order valence-corrected chi connectivity index (χ1v) is 31.8. The number of ether oxygens (including phenoxy) is 2. The van der Waals surface area contributed by atoms with E-state index in [-0.39, 0.29) is 17.8 Å². The minimum absolute atomic E-state index is 0.00960. The average molecular weight is 1000 g/mol. The molecule has 8 heteroatoms. The molecule has 0 spiro atoms. The number of unbranched alkanes of at least 4 members (excludes halogenated alkanes) is 29. The van der Waals surface area contributed by atoms with E-state index in [1.807, 2.05) is 0 Å². The zero-order valence-corrected chi connectivity index (χ0v) is 48.9. The van der Waals surface area contributed by atoms with Gasteiger partial charge in [-0.2, -0.15) is 0 Å². The molecule has 2 atom stereocenters. The molecule has 0 aliphatic carbocycles. The molecule has 0 aliphatic heterocycles. The van der Waals surface area contributed by atoms with Crippen LogP contribution < -0.4 is 5.32 Å². The maximum absolute atomic E-state index is 12.8. The predicted octanol–water partition coefficient (Wildman–Crippen LogP) is 17.9. The number of carbonyl (C=O) groups is 3. The number of nitrogens with one attached hydrogen (secondary N) is 1. The van der Waals surface area contributed by atoms with Crippen LogP contribution in [0, 0.1) is 11.8 Å². The second-order valence-corrected chi connectivity index (χ2v) is 22.3. The van der Waals surface area contributed by atoms with Crippen molar-refractivity contribution in [3.05, 3.63) is 0 Å². The number of amides is 1. The van der Waals surface area contributed by atoms with Crippen molar-refractivity contribution in [2.24, 2.45) is 11.8 Å². The highest BCUT2D eigenvalue weighted by atomic mass is 16.5. The van der Waals surface area contributed by atoms with Gasteiger partial charge in [-0.3, -0.25) is 14.4 Å². The van der Waals surface area contributed by atoms with Gasteiger partial charge in [-0.05, 0) is 109 Å². The molecule has 0 heterocycles. The average Bonchev–Trinajstić information content (AvgIpc) is 3.36. The number of likely N-dealkylation sites (N-methyl/N-ethyl adjacent to an activating group) is 1. The summed E-state index contributed by atoms with van der Waals surface area (Å²) in [6, 6.07) is 0. The Morgan fingerprint density at radius 1 is 0.352 bits per heavy atom. The van der Waals surface area contributed by atoms with Crippen LogP contribution >= 0.6 is 0 Å². The molecule has 0 saturated carbocycles. The highest BCUT2D eigenvalue weighted by Gasteiger charge is 2.15. The monoisotopic (exact) mass is 1000 g/mol. The Morgan fingerprint density at radius 3 is 1.08 bits per heavy atom. The molecule has 0 aromatic carbocycles. The van der Waals surface area contributed by atoms with Crippen LogP contribution in [-0.4, -0.2) is 87.2 Å². The highest BCUT2D eigenvalue weighted by Crippen LogP contribution is 2.22. The van der Waals surface area contributed by atoms with Gasteiger partial charge in [0, 0.05) is 38.9 Å². The van der Waals surface area contributed by atoms with Gasteiger partial charge < -0.3 is 24.6 Å². The van der Waals surface area contributed by atoms with E-state index in [0.29, 0.717) is 44.3 Å². The van der Waals surface area contributed by atoms with Crippen molar-refractivity contribution < 1.29 is 23.9 Å². The zero-order valence-electron chi connectivity index (χ0n) is 48.9. The molecular weight excluding hydrogens is 879 g/mol. The topological polar surface area (TPSA) is 88.2 Å². The molecular formula is C63H125N3O5. The highest BCUT2D eigenvalue weighted by molar-refractivity contribution is 5.75. The van der Waals surface area contributed by atoms with Gasteiger partial charge in [0.2, 0.25) is 5.91 Å². The van der Waals surface area contributed by atoms with Crippen molar-refractivity contribution >= 4 is 17.8 Å². The number of hydrogen-bond donors (Lipinski definition) is 1. The number of nitrogens with zero attached hydrogens (tertiary/aromatic N) is 2. The quantitative estimate of drug-likeness (QED) is 0.0480. The molecule has 2 unspecified atom stereocenters. The fraction of sp³-hybridized carbons (Fsp3) is 0.952. The number of hydrogen-bond acceptors (Lipinski definition) is 7. The molecule has 0 bridgehead atoms. The molecule has 0 radical (unpaired) electrons. The smallest absolute Gasteiger partial charge is 0.305 e. The number of esters is 2. The molecule has 71 heavy (non-hydrogen) atoms. The first-order chi connectivity index (χ1) is 34.8. The van der Waals surface area contributed by atoms with E-state index >= 15 is 0 Å². The van der Waals surface area contributed by atoms with Gasteiger partial charge in [-0.25, -0.2) is 0 Å². The summed E-state index contributed by atoms with van der Waals surface area (Å²) < 4.78 is 11.8. The molecule has 1 N–H and O–H groups in total. The molecule has 0 aliphatic rings. The lowest BCUT2D eigenvalue weighted by atomic mass is 9.95. The zero-order chi connectivity index (χ0) is 51.9. The van der Waals surface area contributed by atoms with E-state index < -0.39 is 0 Å². The predicted molar refractivity (Wildman–Crippen MR) is 307 cm³/mol. The van der Waals surface area contributed by atoms with Crippen LogP contribution in [0.25, 0.3) is 0 Å². The van der Waals surface area contributed by atoms with Crippen molar-refractivity contribution in [1.29, 1.82) is 0 Å². The Kier molecular flexibility index (Phi) is 54.7. The Bertz CT molecular complexity index is 1060. The summed E-state index contributed by atoms with van der Waals surface area (Å²) in [5, 5.41) is 3.14. The van der Waals surface area contributed by atoms with Gasteiger partial charge in [0.25, 0.3) is 0 Å². The molecule has 0 rings (SSSR count). The summed E-state index contributed by atoms with van der Waals surface area (Å²) in [5.41, 5.74) is 0. The third-order valence-corrected chi connectivity index (χ3v) is 15.1. The maximum Gasteiger partial charge on any atom is 0.305 e. The van der Waals surface area contributed by atoms with Gasteiger partial charge in [0.05, 0.1) is 13.2 Å². The van der Waals surface area contributed by atoms with Crippen molar-refractivity contribution in [1.82, 2.24) is 15.1 Å². The lowest BCUT2D eigenvalue weighted by molar-refractivity contribution is -0.146. The summed E-state index contributed by atoms with van der Waals surface area (Å²) in [4.78, 5) is 42.9. The van der Waals surface area contributed by atoms with Crippen LogP contribution in [-0.2, 0) is 23.9 Å². The van der Waals surface area contributed by atoms with Crippen LogP contribution in [0.5, 0.6) is 0 Å². The minimum atomic E-state index is 0.00960. The lowest BCUT2D eigenvalue weighted by Crippen LogP contribution is -2.35. The van der Waals surface area contributed by atoms with Gasteiger partial charge in [0.15, 0.2) is 0 Å². The van der Waals surface area contributed by atoms with E-state index in [1.54, 1.807) is 0 Å². The van der Waals surface area contributed by atoms with Gasteiger partial charge in [0.1, 0.15) is 0 Å². The number of carbonyl (C=O) groups excluding carboxylic acids is 3. The molecule has 0 aromatic rings. The summed E-state index contributed by atoms with van der Waals surface area (Å²) in [7, 11) is 2.25. The van der Waals surface area contributed by atoms with Crippen LogP contribution in [0.4, 0.5) is 0 Å². The summed E-state index contributed by atoms with van der Waals surface area (Å²) in [6.07, 6.45) is 52.0. The molecule has 0 aromatic heterocycles. The van der Waals surface area contributed by atoms with E-state index in [0.717, 1.165) is 90.6 Å². The second-order valence-electron chi connectivity index (χ2n) is 22.3. The van der Waals surface area contributed by atoms with E-state index in [1.165, 1.54) is 212 Å². The van der Waals surface area contributed by atoms with Crippen molar-refractivity contribution in [3.63, 3.8) is 0 Å². The Morgan fingerprint density at radius 2 is 0.676 bits per heavy atom. The van der Waals surface area contributed by atoms with Crippen LogP contribution in [0.15, 0.2) is 0 Å².